The molecule has 1 aromatic rings. The number of amides is 1. The van der Waals surface area contributed by atoms with Crippen molar-refractivity contribution in [3.63, 3.8) is 0 Å². The maximum Gasteiger partial charge on any atom is 0.253 e. The number of carbonyl (C=O) groups excluding carboxylic acids is 1. The first kappa shape index (κ1) is 15.8. The minimum Gasteiger partial charge on any atom is -0.388 e. The molecule has 108 valence electrons. The molecule has 0 aliphatic carbocycles. The van der Waals surface area contributed by atoms with Crippen LogP contribution in [0.4, 0.5) is 0 Å². The number of hydrogen-bond acceptors (Lipinski definition) is 2. The molecule has 0 saturated carbocycles. The lowest BCUT2D eigenvalue weighted by molar-refractivity contribution is 0.0314. The van der Waals surface area contributed by atoms with Gasteiger partial charge in [0.2, 0.25) is 0 Å². The molecule has 0 spiro atoms. The largest absolute Gasteiger partial charge is 0.388 e. The lowest BCUT2D eigenvalue weighted by Gasteiger charge is -2.25. The van der Waals surface area contributed by atoms with E-state index < -0.39 is 5.60 Å². The molecule has 1 heterocycles. The van der Waals surface area contributed by atoms with Crippen molar-refractivity contribution in [2.24, 2.45) is 0 Å². The van der Waals surface area contributed by atoms with Crippen LogP contribution in [0.1, 0.15) is 55.4 Å². The molecule has 0 aliphatic rings. The van der Waals surface area contributed by atoms with Crippen molar-refractivity contribution in [3.8, 4) is 0 Å². The zero-order valence-electron chi connectivity index (χ0n) is 12.7. The summed E-state index contributed by atoms with van der Waals surface area (Å²) >= 11 is 0. The fourth-order valence-electron chi connectivity index (χ4n) is 2.36. The molecule has 0 bridgehead atoms. The number of carbonyl (C=O) groups is 1. The zero-order chi connectivity index (χ0) is 14.6. The second-order valence-electron chi connectivity index (χ2n) is 5.14. The number of aliphatic hydroxyl groups is 1. The standard InChI is InChI=1S/C15H26N2O2/c1-6-15(19,7-2)10-16-14(18)13-9-11(4)17(8-3)12(13)5/h9,19H,6-8,10H2,1-5H3,(H,16,18). The third kappa shape index (κ3) is 3.38. The van der Waals surface area contributed by atoms with Gasteiger partial charge in [0.15, 0.2) is 0 Å². The van der Waals surface area contributed by atoms with E-state index in [4.69, 9.17) is 0 Å². The van der Waals surface area contributed by atoms with Crippen LogP contribution in [0.5, 0.6) is 0 Å². The summed E-state index contributed by atoms with van der Waals surface area (Å²) < 4.78 is 2.11. The maximum absolute atomic E-state index is 12.2. The van der Waals surface area contributed by atoms with Crippen molar-refractivity contribution in [3.05, 3.63) is 23.0 Å². The second kappa shape index (κ2) is 6.24. The highest BCUT2D eigenvalue weighted by Gasteiger charge is 2.24. The van der Waals surface area contributed by atoms with E-state index >= 15 is 0 Å². The molecule has 0 aromatic carbocycles. The van der Waals surface area contributed by atoms with E-state index in [0.29, 0.717) is 24.9 Å². The molecule has 1 amide bonds. The van der Waals surface area contributed by atoms with Crippen LogP contribution >= 0.6 is 0 Å². The molecule has 0 saturated heterocycles. The average molecular weight is 266 g/mol. The Kier molecular flexibility index (Phi) is 5.18. The van der Waals surface area contributed by atoms with Crippen molar-refractivity contribution in [1.29, 1.82) is 0 Å². The molecule has 4 nitrogen and oxygen atoms in total. The van der Waals surface area contributed by atoms with Crippen molar-refractivity contribution in [2.45, 2.75) is 59.6 Å². The number of aromatic nitrogens is 1. The smallest absolute Gasteiger partial charge is 0.253 e. The van der Waals surface area contributed by atoms with E-state index in [1.165, 1.54) is 0 Å². The van der Waals surface area contributed by atoms with Gasteiger partial charge in [0.1, 0.15) is 0 Å². The Morgan fingerprint density at radius 1 is 1.32 bits per heavy atom. The lowest BCUT2D eigenvalue weighted by atomic mass is 9.97. The van der Waals surface area contributed by atoms with E-state index in [1.54, 1.807) is 0 Å². The molecular weight excluding hydrogens is 240 g/mol. The fourth-order valence-corrected chi connectivity index (χ4v) is 2.36. The fraction of sp³-hybridized carbons (Fsp3) is 0.667. The summed E-state index contributed by atoms with van der Waals surface area (Å²) in [4.78, 5) is 12.2. The van der Waals surface area contributed by atoms with E-state index in [2.05, 4.69) is 16.8 Å². The van der Waals surface area contributed by atoms with Gasteiger partial charge in [-0.3, -0.25) is 4.79 Å². The Balaban J connectivity index is 2.80. The van der Waals surface area contributed by atoms with Crippen molar-refractivity contribution >= 4 is 5.91 Å². The summed E-state index contributed by atoms with van der Waals surface area (Å²) in [6.45, 7) is 11.0. The number of nitrogens with one attached hydrogen (secondary N) is 1. The monoisotopic (exact) mass is 266 g/mol. The van der Waals surface area contributed by atoms with Crippen LogP contribution in [0.2, 0.25) is 0 Å². The van der Waals surface area contributed by atoms with Crippen molar-refractivity contribution in [2.75, 3.05) is 6.54 Å². The molecule has 0 aliphatic heterocycles. The SMILES string of the molecule is CCn1c(C)cc(C(=O)NCC(O)(CC)CC)c1C. The molecule has 0 fully saturated rings. The highest BCUT2D eigenvalue weighted by Crippen LogP contribution is 2.16. The van der Waals surface area contributed by atoms with Gasteiger partial charge in [-0.25, -0.2) is 0 Å². The first-order valence-electron chi connectivity index (χ1n) is 7.05. The molecule has 2 N–H and O–H groups in total. The molecule has 19 heavy (non-hydrogen) atoms. The van der Waals surface area contributed by atoms with Gasteiger partial charge in [0, 0.05) is 24.5 Å². The number of rotatable bonds is 6. The summed E-state index contributed by atoms with van der Waals surface area (Å²) in [5, 5.41) is 13.0. The topological polar surface area (TPSA) is 54.3 Å². The normalized spacial score (nSPS) is 11.7. The minimum atomic E-state index is -0.800. The van der Waals surface area contributed by atoms with E-state index in [1.807, 2.05) is 33.8 Å². The lowest BCUT2D eigenvalue weighted by Crippen LogP contribution is -2.42. The van der Waals surface area contributed by atoms with Gasteiger partial charge in [-0.2, -0.15) is 0 Å². The Bertz CT molecular complexity index is 445. The highest BCUT2D eigenvalue weighted by molar-refractivity contribution is 5.95. The van der Waals surface area contributed by atoms with Crippen LogP contribution in [-0.2, 0) is 6.54 Å². The zero-order valence-corrected chi connectivity index (χ0v) is 12.7. The first-order valence-corrected chi connectivity index (χ1v) is 7.05. The number of aryl methyl sites for hydroxylation is 1. The molecule has 1 rings (SSSR count). The summed E-state index contributed by atoms with van der Waals surface area (Å²) in [6.07, 6.45) is 1.27. The molecule has 0 unspecified atom stereocenters. The van der Waals surface area contributed by atoms with Crippen LogP contribution in [0.25, 0.3) is 0 Å². The maximum atomic E-state index is 12.2. The summed E-state index contributed by atoms with van der Waals surface area (Å²) in [5.41, 5.74) is 1.97. The number of hydrogen-bond donors (Lipinski definition) is 2. The van der Waals surface area contributed by atoms with Crippen LogP contribution < -0.4 is 5.32 Å². The molecule has 1 aromatic heterocycles. The van der Waals surface area contributed by atoms with Gasteiger partial charge in [-0.15, -0.1) is 0 Å². The molecule has 4 heteroatoms. The summed E-state index contributed by atoms with van der Waals surface area (Å²) in [5.74, 6) is -0.104. The van der Waals surface area contributed by atoms with Gasteiger partial charge in [-0.1, -0.05) is 13.8 Å². The second-order valence-corrected chi connectivity index (χ2v) is 5.14. The van der Waals surface area contributed by atoms with Gasteiger partial charge >= 0.3 is 0 Å². The number of nitrogens with zero attached hydrogens (tertiary/aromatic N) is 1. The quantitative estimate of drug-likeness (QED) is 0.830. The van der Waals surface area contributed by atoms with Crippen LogP contribution in [0.15, 0.2) is 6.07 Å². The average Bonchev–Trinajstić information content (AvgIpc) is 2.70. The Morgan fingerprint density at radius 3 is 2.32 bits per heavy atom. The Labute approximate surface area is 115 Å². The minimum absolute atomic E-state index is 0.104. The molecular formula is C15H26N2O2. The van der Waals surface area contributed by atoms with Crippen LogP contribution in [0.3, 0.4) is 0 Å². The summed E-state index contributed by atoms with van der Waals surface area (Å²) in [7, 11) is 0. The van der Waals surface area contributed by atoms with Gasteiger partial charge in [0.25, 0.3) is 5.91 Å². The molecule has 0 radical (unpaired) electrons. The van der Waals surface area contributed by atoms with Gasteiger partial charge in [-0.05, 0) is 39.7 Å². The van der Waals surface area contributed by atoms with Crippen molar-refractivity contribution in [1.82, 2.24) is 9.88 Å². The molecule has 0 atom stereocenters. The van der Waals surface area contributed by atoms with E-state index in [-0.39, 0.29) is 5.91 Å². The summed E-state index contributed by atoms with van der Waals surface area (Å²) in [6, 6.07) is 1.91. The third-order valence-electron chi connectivity index (χ3n) is 4.03. The van der Waals surface area contributed by atoms with Gasteiger partial charge < -0.3 is 15.0 Å². The van der Waals surface area contributed by atoms with E-state index in [9.17, 15) is 9.90 Å². The predicted octanol–water partition coefficient (Wildman–Crippen LogP) is 2.41. The Hall–Kier alpha value is -1.29. The third-order valence-corrected chi connectivity index (χ3v) is 4.03. The Morgan fingerprint density at radius 2 is 1.89 bits per heavy atom. The first-order chi connectivity index (χ1) is 8.88. The van der Waals surface area contributed by atoms with Crippen molar-refractivity contribution < 1.29 is 9.90 Å². The highest BCUT2D eigenvalue weighted by atomic mass is 16.3. The van der Waals surface area contributed by atoms with Crippen LogP contribution in [-0.4, -0.2) is 27.7 Å². The van der Waals surface area contributed by atoms with E-state index in [0.717, 1.165) is 17.9 Å². The predicted molar refractivity (Wildman–Crippen MR) is 77.4 cm³/mol. The van der Waals surface area contributed by atoms with Crippen LogP contribution in [0, 0.1) is 13.8 Å². The van der Waals surface area contributed by atoms with Gasteiger partial charge in [0.05, 0.1) is 11.2 Å².